The molecule has 124 valence electrons. The first kappa shape index (κ1) is 18.7. The summed E-state index contributed by atoms with van der Waals surface area (Å²) >= 11 is 0. The molecule has 0 bridgehead atoms. The minimum Gasteiger partial charge on any atom is -0.230 e. The van der Waals surface area contributed by atoms with Crippen molar-refractivity contribution in [2.45, 2.75) is 37.0 Å². The van der Waals surface area contributed by atoms with E-state index in [2.05, 4.69) is 4.40 Å². The molecule has 0 radical (unpaired) electrons. The summed E-state index contributed by atoms with van der Waals surface area (Å²) in [6, 6.07) is 6.13. The molecule has 1 atom stereocenters. The van der Waals surface area contributed by atoms with Gasteiger partial charge in [0.25, 0.3) is 0 Å². The van der Waals surface area contributed by atoms with Gasteiger partial charge in [0.2, 0.25) is 0 Å². The molecule has 0 unspecified atom stereocenters. The Kier molecular flexibility index (Phi) is 6.16. The third-order valence-corrected chi connectivity index (χ3v) is 3.57. The van der Waals surface area contributed by atoms with Crippen LogP contribution in [0.1, 0.15) is 18.4 Å². The summed E-state index contributed by atoms with van der Waals surface area (Å²) in [5.74, 6) is -1.89. The van der Waals surface area contributed by atoms with E-state index in [1.165, 1.54) is 12.1 Å². The highest BCUT2D eigenvalue weighted by Gasteiger charge is 2.38. The molecule has 1 rings (SSSR count). The van der Waals surface area contributed by atoms with E-state index in [1.54, 1.807) is 19.1 Å². The van der Waals surface area contributed by atoms with E-state index < -0.39 is 42.1 Å². The third-order valence-electron chi connectivity index (χ3n) is 2.58. The Morgan fingerprint density at radius 2 is 1.50 bits per heavy atom. The Balaban J connectivity index is 2.83. The van der Waals surface area contributed by atoms with Crippen molar-refractivity contribution in [2.75, 3.05) is 0 Å². The van der Waals surface area contributed by atoms with Gasteiger partial charge in [-0.05, 0) is 19.1 Å². The van der Waals surface area contributed by atoms with Gasteiger partial charge in [-0.3, -0.25) is 0 Å². The molecule has 0 fully saturated rings. The number of hydrogen-bond donors (Lipinski definition) is 0. The van der Waals surface area contributed by atoms with E-state index in [0.29, 0.717) is 6.21 Å². The second-order valence-corrected chi connectivity index (χ2v) is 5.90. The minimum absolute atomic E-state index is 0.208. The fourth-order valence-corrected chi connectivity index (χ4v) is 2.40. The van der Waals surface area contributed by atoms with Crippen molar-refractivity contribution in [3.05, 3.63) is 29.8 Å². The maximum Gasteiger partial charge on any atom is 0.389 e. The molecule has 9 heteroatoms. The van der Waals surface area contributed by atoms with Crippen LogP contribution in [-0.2, 0) is 11.0 Å². The molecule has 0 aliphatic rings. The van der Waals surface area contributed by atoms with Crippen LogP contribution < -0.4 is 0 Å². The first-order valence-corrected chi connectivity index (χ1v) is 7.23. The van der Waals surface area contributed by atoms with Gasteiger partial charge >= 0.3 is 12.4 Å². The summed E-state index contributed by atoms with van der Waals surface area (Å²) in [4.78, 5) is 0.208. The minimum atomic E-state index is -4.76. The van der Waals surface area contributed by atoms with Crippen molar-refractivity contribution in [1.82, 2.24) is 0 Å². The molecule has 2 nitrogen and oxygen atoms in total. The predicted molar refractivity (Wildman–Crippen MR) is 70.9 cm³/mol. The molecule has 1 aromatic rings. The monoisotopic (exact) mass is 345 g/mol. The number of nitrogens with zero attached hydrogens (tertiary/aromatic N) is 1. The van der Waals surface area contributed by atoms with Crippen LogP contribution in [0.2, 0.25) is 0 Å². The van der Waals surface area contributed by atoms with E-state index in [0.717, 1.165) is 5.56 Å². The molecule has 0 amide bonds. The summed E-state index contributed by atoms with van der Waals surface area (Å²) in [5, 5.41) is 0. The van der Waals surface area contributed by atoms with Crippen molar-refractivity contribution < 1.29 is 30.6 Å². The van der Waals surface area contributed by atoms with Crippen molar-refractivity contribution in [3.8, 4) is 0 Å². The van der Waals surface area contributed by atoms with Crippen molar-refractivity contribution >= 4 is 17.2 Å². The van der Waals surface area contributed by atoms with Gasteiger partial charge in [-0.15, -0.1) is 0 Å². The van der Waals surface area contributed by atoms with Crippen LogP contribution in [0.5, 0.6) is 0 Å². The Morgan fingerprint density at radius 1 is 1.05 bits per heavy atom. The number of rotatable bonds is 5. The normalized spacial score (nSPS) is 14.7. The van der Waals surface area contributed by atoms with E-state index in [1.807, 2.05) is 0 Å². The molecule has 0 aliphatic carbocycles. The first-order valence-electron chi connectivity index (χ1n) is 6.12. The summed E-state index contributed by atoms with van der Waals surface area (Å²) in [7, 11) is -2.03. The summed E-state index contributed by atoms with van der Waals surface area (Å²) in [6.45, 7) is 1.78. The Bertz CT molecular complexity index is 519. The fraction of sp³-hybridized carbons (Fsp3) is 0.462. The number of aryl methyl sites for hydroxylation is 1. The third kappa shape index (κ3) is 7.58. The van der Waals surface area contributed by atoms with Crippen LogP contribution in [0.3, 0.4) is 0 Å². The number of halogens is 6. The van der Waals surface area contributed by atoms with Gasteiger partial charge in [0.1, 0.15) is 0 Å². The molecule has 0 aliphatic heterocycles. The Morgan fingerprint density at radius 3 is 1.91 bits per heavy atom. The molecular formula is C13H13F6NOS. The molecule has 0 N–H and O–H groups in total. The van der Waals surface area contributed by atoms with Crippen molar-refractivity contribution in [2.24, 2.45) is 10.3 Å². The number of alkyl halides is 6. The summed E-state index contributed by atoms with van der Waals surface area (Å²) in [5.41, 5.74) is 0.872. The van der Waals surface area contributed by atoms with E-state index in [4.69, 9.17) is 0 Å². The maximum atomic E-state index is 12.3. The lowest BCUT2D eigenvalue weighted by Gasteiger charge is -2.16. The van der Waals surface area contributed by atoms with Crippen molar-refractivity contribution in [1.29, 1.82) is 0 Å². The van der Waals surface area contributed by atoms with Gasteiger partial charge in [-0.25, -0.2) is 4.21 Å². The average molecular weight is 345 g/mol. The standard InChI is InChI=1S/C13H13F6NOS/c1-9-2-4-11(5-3-9)22(21)20-8-10(6-12(14,15)16)7-13(17,18)19/h2-5,8,10H,6-7H2,1H3/b20-8+/t22-/m0/s1. The average Bonchev–Trinajstić information content (AvgIpc) is 2.32. The highest BCUT2D eigenvalue weighted by atomic mass is 32.2. The lowest BCUT2D eigenvalue weighted by atomic mass is 10.0. The topological polar surface area (TPSA) is 29.4 Å². The lowest BCUT2D eigenvalue weighted by Crippen LogP contribution is -2.22. The highest BCUT2D eigenvalue weighted by Crippen LogP contribution is 2.32. The number of benzene rings is 1. The molecular weight excluding hydrogens is 332 g/mol. The first-order chi connectivity index (χ1) is 9.96. The number of hydrogen-bond acceptors (Lipinski definition) is 1. The summed E-state index contributed by atoms with van der Waals surface area (Å²) < 4.78 is 88.7. The molecule has 0 spiro atoms. The fourth-order valence-electron chi connectivity index (χ4n) is 1.63. The molecule has 0 heterocycles. The van der Waals surface area contributed by atoms with Gasteiger partial charge in [0.05, 0.1) is 17.7 Å². The predicted octanol–water partition coefficient (Wildman–Crippen LogP) is 4.61. The molecule has 22 heavy (non-hydrogen) atoms. The molecule has 0 aromatic heterocycles. The van der Waals surface area contributed by atoms with Crippen LogP contribution >= 0.6 is 0 Å². The maximum absolute atomic E-state index is 12.3. The quantitative estimate of drug-likeness (QED) is 0.566. The molecule has 0 saturated heterocycles. The van der Waals surface area contributed by atoms with E-state index in [9.17, 15) is 30.6 Å². The largest absolute Gasteiger partial charge is 0.389 e. The Labute approximate surface area is 125 Å². The van der Waals surface area contributed by atoms with Gasteiger partial charge < -0.3 is 0 Å². The molecule has 0 saturated carbocycles. The van der Waals surface area contributed by atoms with Crippen LogP contribution in [-0.4, -0.2) is 22.8 Å². The van der Waals surface area contributed by atoms with E-state index >= 15 is 0 Å². The highest BCUT2D eigenvalue weighted by molar-refractivity contribution is 7.83. The lowest BCUT2D eigenvalue weighted by molar-refractivity contribution is -0.164. The molecule has 1 aromatic carbocycles. The van der Waals surface area contributed by atoms with Gasteiger partial charge in [-0.1, -0.05) is 17.7 Å². The van der Waals surface area contributed by atoms with E-state index in [-0.39, 0.29) is 4.90 Å². The zero-order valence-electron chi connectivity index (χ0n) is 11.4. The van der Waals surface area contributed by atoms with Crippen molar-refractivity contribution in [3.63, 3.8) is 0 Å². The van der Waals surface area contributed by atoms with Gasteiger partial charge in [0.15, 0.2) is 11.0 Å². The second kappa shape index (κ2) is 7.26. The van der Waals surface area contributed by atoms with Crippen LogP contribution in [0.4, 0.5) is 26.3 Å². The van der Waals surface area contributed by atoms with Gasteiger partial charge in [-0.2, -0.15) is 30.7 Å². The summed E-state index contributed by atoms with van der Waals surface area (Å²) in [6.07, 6.45) is -12.4. The zero-order chi connectivity index (χ0) is 17.0. The van der Waals surface area contributed by atoms with Crippen LogP contribution in [0, 0.1) is 12.8 Å². The zero-order valence-corrected chi connectivity index (χ0v) is 12.2. The Hall–Kier alpha value is -1.38. The van der Waals surface area contributed by atoms with Gasteiger partial charge in [0, 0.05) is 12.1 Å². The SMILES string of the molecule is Cc1ccc([S@](=O)/N=C/C(CC(F)(F)F)CC(F)(F)F)cc1. The smallest absolute Gasteiger partial charge is 0.230 e. The van der Waals surface area contributed by atoms with Crippen LogP contribution in [0.25, 0.3) is 0 Å². The van der Waals surface area contributed by atoms with Crippen LogP contribution in [0.15, 0.2) is 33.6 Å². The second-order valence-electron chi connectivity index (χ2n) is 4.72.